The Morgan fingerprint density at radius 1 is 1.50 bits per heavy atom. The second kappa shape index (κ2) is 4.56. The number of carbonyl (C=O) groups excluding carboxylic acids is 1. The molecule has 0 radical (unpaired) electrons. The molecule has 0 atom stereocenters. The van der Waals surface area contributed by atoms with E-state index in [-0.39, 0.29) is 28.3 Å². The molecule has 6 heteroatoms. The molecule has 2 aromatic rings. The maximum atomic E-state index is 12.5. The van der Waals surface area contributed by atoms with Crippen LogP contribution in [0.25, 0.3) is 0 Å². The SMILES string of the molecule is Cc1cc(C(=O)c2cccn2N)cnc1C(F)F. The lowest BCUT2D eigenvalue weighted by Gasteiger charge is -2.06. The Kier molecular flexibility index (Phi) is 3.10. The molecule has 2 N–H and O–H groups in total. The van der Waals surface area contributed by atoms with Gasteiger partial charge in [0.15, 0.2) is 0 Å². The number of halogens is 2. The van der Waals surface area contributed by atoms with Crippen molar-refractivity contribution in [1.29, 1.82) is 0 Å². The number of aromatic nitrogens is 2. The first-order chi connectivity index (χ1) is 8.50. The van der Waals surface area contributed by atoms with Gasteiger partial charge in [-0.3, -0.25) is 14.5 Å². The van der Waals surface area contributed by atoms with Crippen LogP contribution in [0.4, 0.5) is 8.78 Å². The molecule has 2 rings (SSSR count). The highest BCUT2D eigenvalue weighted by atomic mass is 19.3. The molecule has 0 saturated carbocycles. The van der Waals surface area contributed by atoms with E-state index in [4.69, 9.17) is 5.84 Å². The molecule has 0 fully saturated rings. The minimum Gasteiger partial charge on any atom is -0.339 e. The van der Waals surface area contributed by atoms with Crippen LogP contribution in [-0.4, -0.2) is 15.4 Å². The number of alkyl halides is 2. The molecule has 18 heavy (non-hydrogen) atoms. The normalized spacial score (nSPS) is 10.9. The maximum Gasteiger partial charge on any atom is 0.280 e. The first-order valence-electron chi connectivity index (χ1n) is 5.22. The first-order valence-corrected chi connectivity index (χ1v) is 5.22. The summed E-state index contributed by atoms with van der Waals surface area (Å²) in [7, 11) is 0. The quantitative estimate of drug-likeness (QED) is 0.671. The number of pyridine rings is 1. The maximum absolute atomic E-state index is 12.5. The highest BCUT2D eigenvalue weighted by Gasteiger charge is 2.17. The van der Waals surface area contributed by atoms with Crippen LogP contribution in [0.2, 0.25) is 0 Å². The number of carbonyl (C=O) groups is 1. The Morgan fingerprint density at radius 3 is 2.72 bits per heavy atom. The smallest absolute Gasteiger partial charge is 0.280 e. The van der Waals surface area contributed by atoms with Crippen molar-refractivity contribution in [2.75, 3.05) is 5.84 Å². The number of hydrogen-bond donors (Lipinski definition) is 1. The zero-order valence-corrected chi connectivity index (χ0v) is 9.60. The molecule has 94 valence electrons. The van der Waals surface area contributed by atoms with E-state index in [1.165, 1.54) is 23.9 Å². The standard InChI is InChI=1S/C12H11F2N3O/c1-7-5-8(6-16-10(7)12(13)14)11(18)9-3-2-4-17(9)15/h2-6,12H,15H2,1H3. The minimum atomic E-state index is -2.65. The van der Waals surface area contributed by atoms with Gasteiger partial charge in [0.1, 0.15) is 11.4 Å². The zero-order chi connectivity index (χ0) is 13.3. The molecular formula is C12H11F2N3O. The molecule has 0 aliphatic carbocycles. The fourth-order valence-corrected chi connectivity index (χ4v) is 1.67. The number of nitrogens with zero attached hydrogens (tertiary/aromatic N) is 2. The molecule has 0 aromatic carbocycles. The fraction of sp³-hybridized carbons (Fsp3) is 0.167. The predicted molar refractivity (Wildman–Crippen MR) is 61.9 cm³/mol. The van der Waals surface area contributed by atoms with Crippen LogP contribution in [0.5, 0.6) is 0 Å². The predicted octanol–water partition coefficient (Wildman–Crippen LogP) is 2.07. The molecule has 0 amide bonds. The molecule has 0 aliphatic heterocycles. The molecule has 0 aliphatic rings. The third kappa shape index (κ3) is 2.09. The van der Waals surface area contributed by atoms with Crippen LogP contribution in [-0.2, 0) is 0 Å². The van der Waals surface area contributed by atoms with Crippen LogP contribution in [0.3, 0.4) is 0 Å². The van der Waals surface area contributed by atoms with Crippen molar-refractivity contribution < 1.29 is 13.6 Å². The zero-order valence-electron chi connectivity index (χ0n) is 9.60. The van der Waals surface area contributed by atoms with E-state index in [1.807, 2.05) is 0 Å². The van der Waals surface area contributed by atoms with Crippen molar-refractivity contribution in [3.8, 4) is 0 Å². The molecule has 2 heterocycles. The van der Waals surface area contributed by atoms with Crippen molar-refractivity contribution in [2.24, 2.45) is 0 Å². The average molecular weight is 251 g/mol. The number of nitrogen functional groups attached to an aromatic ring is 1. The van der Waals surface area contributed by atoms with Crippen molar-refractivity contribution in [2.45, 2.75) is 13.3 Å². The molecule has 0 spiro atoms. The average Bonchev–Trinajstić information content (AvgIpc) is 2.74. The van der Waals surface area contributed by atoms with Crippen LogP contribution < -0.4 is 5.84 Å². The molecule has 4 nitrogen and oxygen atoms in total. The molecule has 0 bridgehead atoms. The van der Waals surface area contributed by atoms with Crippen molar-refractivity contribution in [3.05, 3.63) is 53.1 Å². The number of hydrogen-bond acceptors (Lipinski definition) is 3. The third-order valence-corrected chi connectivity index (χ3v) is 2.60. The van der Waals surface area contributed by atoms with Crippen molar-refractivity contribution >= 4 is 5.78 Å². The van der Waals surface area contributed by atoms with E-state index in [9.17, 15) is 13.6 Å². The minimum absolute atomic E-state index is 0.238. The van der Waals surface area contributed by atoms with Gasteiger partial charge in [-0.15, -0.1) is 0 Å². The van der Waals surface area contributed by atoms with Crippen LogP contribution in [0.1, 0.15) is 33.7 Å². The number of ketones is 1. The molecule has 2 aromatic heterocycles. The van der Waals surface area contributed by atoms with Gasteiger partial charge in [0, 0.05) is 18.0 Å². The summed E-state index contributed by atoms with van der Waals surface area (Å²) in [6, 6.07) is 4.57. The van der Waals surface area contributed by atoms with E-state index in [1.54, 1.807) is 12.1 Å². The summed E-state index contributed by atoms with van der Waals surface area (Å²) in [5, 5.41) is 0. The van der Waals surface area contributed by atoms with E-state index < -0.39 is 6.43 Å². The highest BCUT2D eigenvalue weighted by molar-refractivity contribution is 6.07. The van der Waals surface area contributed by atoms with Gasteiger partial charge in [-0.2, -0.15) is 0 Å². The molecule has 0 unspecified atom stereocenters. The van der Waals surface area contributed by atoms with Gasteiger partial charge in [-0.1, -0.05) is 0 Å². The largest absolute Gasteiger partial charge is 0.339 e. The van der Waals surface area contributed by atoms with Crippen molar-refractivity contribution in [1.82, 2.24) is 9.66 Å². The van der Waals surface area contributed by atoms with Crippen molar-refractivity contribution in [3.63, 3.8) is 0 Å². The Balaban J connectivity index is 2.39. The summed E-state index contributed by atoms with van der Waals surface area (Å²) in [4.78, 5) is 15.7. The monoisotopic (exact) mass is 251 g/mol. The van der Waals surface area contributed by atoms with Gasteiger partial charge in [0.25, 0.3) is 6.43 Å². The Bertz CT molecular complexity index is 593. The Labute approximate surface area is 102 Å². The topological polar surface area (TPSA) is 60.9 Å². The fourth-order valence-electron chi connectivity index (χ4n) is 1.67. The van der Waals surface area contributed by atoms with Gasteiger partial charge in [0.05, 0.1) is 0 Å². The van der Waals surface area contributed by atoms with Crippen LogP contribution in [0.15, 0.2) is 30.6 Å². The first kappa shape index (κ1) is 12.2. The summed E-state index contributed by atoms with van der Waals surface area (Å²) in [5.41, 5.74) is 0.490. The van der Waals surface area contributed by atoms with E-state index in [0.29, 0.717) is 0 Å². The summed E-state index contributed by atoms with van der Waals surface area (Å²) >= 11 is 0. The molecular weight excluding hydrogens is 240 g/mol. The van der Waals surface area contributed by atoms with E-state index in [0.717, 1.165) is 6.20 Å². The number of nitrogens with two attached hydrogens (primary N) is 1. The lowest BCUT2D eigenvalue weighted by Crippen LogP contribution is -2.16. The highest BCUT2D eigenvalue weighted by Crippen LogP contribution is 2.21. The van der Waals surface area contributed by atoms with Gasteiger partial charge < -0.3 is 5.84 Å². The van der Waals surface area contributed by atoms with Gasteiger partial charge in [-0.25, -0.2) is 8.78 Å². The molecule has 0 saturated heterocycles. The second-order valence-corrected chi connectivity index (χ2v) is 3.86. The summed E-state index contributed by atoms with van der Waals surface area (Å²) in [6.07, 6.45) is 0.0257. The van der Waals surface area contributed by atoms with Gasteiger partial charge >= 0.3 is 0 Å². The lowest BCUT2D eigenvalue weighted by molar-refractivity contribution is 0.103. The van der Waals surface area contributed by atoms with Gasteiger partial charge in [-0.05, 0) is 30.7 Å². The Hall–Kier alpha value is -2.24. The van der Waals surface area contributed by atoms with Crippen LogP contribution >= 0.6 is 0 Å². The number of aryl methyl sites for hydroxylation is 1. The second-order valence-electron chi connectivity index (χ2n) is 3.86. The summed E-state index contributed by atoms with van der Waals surface area (Å²) < 4.78 is 26.2. The van der Waals surface area contributed by atoms with E-state index in [2.05, 4.69) is 4.98 Å². The van der Waals surface area contributed by atoms with Crippen LogP contribution in [0, 0.1) is 6.92 Å². The van der Waals surface area contributed by atoms with Gasteiger partial charge in [0.2, 0.25) is 5.78 Å². The summed E-state index contributed by atoms with van der Waals surface area (Å²) in [5.74, 6) is 5.20. The number of rotatable bonds is 3. The lowest BCUT2D eigenvalue weighted by atomic mass is 10.1. The Morgan fingerprint density at radius 2 is 2.22 bits per heavy atom. The summed E-state index contributed by atoms with van der Waals surface area (Å²) in [6.45, 7) is 1.49. The van der Waals surface area contributed by atoms with E-state index >= 15 is 0 Å². The third-order valence-electron chi connectivity index (χ3n) is 2.60.